The molecule has 1 aromatic heterocycles. The van der Waals surface area contributed by atoms with Crippen molar-refractivity contribution in [3.63, 3.8) is 0 Å². The van der Waals surface area contributed by atoms with Gasteiger partial charge in [-0.25, -0.2) is 4.79 Å². The summed E-state index contributed by atoms with van der Waals surface area (Å²) >= 11 is 0. The van der Waals surface area contributed by atoms with Gasteiger partial charge in [-0.3, -0.25) is 4.79 Å². The molecule has 1 atom stereocenters. The molecular formula is C33H36LiN3O7. The summed E-state index contributed by atoms with van der Waals surface area (Å²) in [4.78, 5) is 40.8. The maximum absolute atomic E-state index is 14.6. The third kappa shape index (κ3) is 6.33. The zero-order chi connectivity index (χ0) is 30.3. The number of aromatic nitrogens is 1. The monoisotopic (exact) mass is 593 g/mol. The summed E-state index contributed by atoms with van der Waals surface area (Å²) < 4.78 is 18.7. The molecule has 0 spiro atoms. The summed E-state index contributed by atoms with van der Waals surface area (Å²) in [5.74, 6) is -0.449. The minimum Gasteiger partial charge on any atom is -0.545 e. The van der Waals surface area contributed by atoms with E-state index in [4.69, 9.17) is 14.2 Å². The van der Waals surface area contributed by atoms with Gasteiger partial charge in [-0.15, -0.1) is 0 Å². The predicted octanol–water partition coefficient (Wildman–Crippen LogP) is 1.07. The average molecular weight is 594 g/mol. The first-order valence-electron chi connectivity index (χ1n) is 14.8. The van der Waals surface area contributed by atoms with Crippen molar-refractivity contribution in [3.05, 3.63) is 70.4 Å². The van der Waals surface area contributed by atoms with Gasteiger partial charge in [-0.1, -0.05) is 24.3 Å². The zero-order valence-electron chi connectivity index (χ0n) is 25.7. The molecule has 0 aliphatic carbocycles. The maximum atomic E-state index is 14.6. The molecule has 10 nitrogen and oxygen atoms in total. The molecule has 11 heteroatoms. The Balaban J connectivity index is 0.00000384. The smallest absolute Gasteiger partial charge is 0.545 e. The minimum absolute atomic E-state index is 0. The Labute approximate surface area is 268 Å². The molecule has 4 heterocycles. The van der Waals surface area contributed by atoms with Crippen LogP contribution in [-0.2, 0) is 30.7 Å². The number of nitrogens with zero attached hydrogens (tertiary/aromatic N) is 2. The van der Waals surface area contributed by atoms with Crippen LogP contribution in [0.5, 0.6) is 11.5 Å². The van der Waals surface area contributed by atoms with Crippen molar-refractivity contribution >= 4 is 18.0 Å². The van der Waals surface area contributed by atoms with Crippen LogP contribution in [0, 0.1) is 0 Å². The van der Waals surface area contributed by atoms with E-state index in [-0.39, 0.29) is 43.2 Å². The van der Waals surface area contributed by atoms with E-state index < -0.39 is 17.7 Å². The molecule has 0 radical (unpaired) electrons. The first-order valence-corrected chi connectivity index (χ1v) is 14.8. The Morgan fingerprint density at radius 1 is 1.02 bits per heavy atom. The molecule has 3 aromatic rings. The number of ether oxygens (including phenoxy) is 3. The average Bonchev–Trinajstić information content (AvgIpc) is 3.59. The van der Waals surface area contributed by atoms with Crippen LogP contribution in [0.1, 0.15) is 77.6 Å². The van der Waals surface area contributed by atoms with Crippen LogP contribution < -0.4 is 38.8 Å². The molecule has 1 N–H and O–H groups in total. The van der Waals surface area contributed by atoms with Crippen molar-refractivity contribution in [1.29, 1.82) is 0 Å². The molecular weight excluding hydrogens is 557 g/mol. The van der Waals surface area contributed by atoms with Gasteiger partial charge in [-0.05, 0) is 82.2 Å². The Hall–Kier alpha value is -3.87. The Kier molecular flexibility index (Phi) is 9.05. The van der Waals surface area contributed by atoms with Crippen LogP contribution in [0.15, 0.2) is 42.5 Å². The number of fused-ring (bicyclic) bond motifs is 3. The summed E-state index contributed by atoms with van der Waals surface area (Å²) in [7, 11) is 0. The standard InChI is InChI=1S/C33H37N3O7.Li/c1-33(2,3)43-32(40)34-12-11-22-14-20-8-4-5-9-21(20)18-36(22)30(37)24-17-29-28(41-19-42-29)16-23(24)27-15-25(31(38)39)26-10-6-7-13-35(26)27;/h4-5,8-9,15-17,22H,6-7,10-14,18-19H2,1-3H3,(H,34,40)(H,38,39);/q;+1/p-1/t22-;/m1./s1. The van der Waals surface area contributed by atoms with Gasteiger partial charge in [0.05, 0.1) is 11.5 Å². The van der Waals surface area contributed by atoms with Gasteiger partial charge in [0.15, 0.2) is 11.5 Å². The van der Waals surface area contributed by atoms with Crippen molar-refractivity contribution in [2.24, 2.45) is 0 Å². The molecule has 44 heavy (non-hydrogen) atoms. The largest absolute Gasteiger partial charge is 1.00 e. The van der Waals surface area contributed by atoms with E-state index in [1.807, 2.05) is 48.4 Å². The van der Waals surface area contributed by atoms with Crippen LogP contribution in [0.4, 0.5) is 4.79 Å². The summed E-state index contributed by atoms with van der Waals surface area (Å²) in [5, 5.41) is 14.9. The number of carboxylic acid groups (broad SMARTS) is 1. The molecule has 0 saturated carbocycles. The van der Waals surface area contributed by atoms with Crippen molar-refractivity contribution in [1.82, 2.24) is 14.8 Å². The topological polar surface area (TPSA) is 122 Å². The van der Waals surface area contributed by atoms with Crippen LogP contribution in [-0.4, -0.2) is 52.4 Å². The first-order chi connectivity index (χ1) is 20.6. The molecule has 3 aliphatic heterocycles. The van der Waals surface area contributed by atoms with Crippen LogP contribution >= 0.6 is 0 Å². The van der Waals surface area contributed by atoms with E-state index in [0.717, 1.165) is 24.1 Å². The first kappa shape index (κ1) is 31.5. The fourth-order valence-corrected chi connectivity index (χ4v) is 6.30. The van der Waals surface area contributed by atoms with E-state index in [1.54, 1.807) is 18.2 Å². The van der Waals surface area contributed by atoms with Crippen LogP contribution in [0.25, 0.3) is 11.3 Å². The minimum atomic E-state index is -1.23. The van der Waals surface area contributed by atoms with Crippen LogP contribution in [0.3, 0.4) is 0 Å². The Morgan fingerprint density at radius 3 is 2.48 bits per heavy atom. The van der Waals surface area contributed by atoms with Gasteiger partial charge in [0.2, 0.25) is 6.79 Å². The number of carbonyl (C=O) groups excluding carboxylic acids is 3. The molecule has 226 valence electrons. The van der Waals surface area contributed by atoms with Crippen molar-refractivity contribution in [3.8, 4) is 22.8 Å². The number of aromatic carboxylic acids is 1. The number of amides is 2. The fraction of sp³-hybridized carbons (Fsp3) is 0.424. The van der Waals surface area contributed by atoms with E-state index in [2.05, 4.69) is 11.4 Å². The van der Waals surface area contributed by atoms with Gasteiger partial charge < -0.3 is 38.9 Å². The number of carboxylic acids is 1. The van der Waals surface area contributed by atoms with Crippen molar-refractivity contribution in [2.45, 2.75) is 77.6 Å². The second-order valence-electron chi connectivity index (χ2n) is 12.3. The normalized spacial score (nSPS) is 16.8. The van der Waals surface area contributed by atoms with Crippen molar-refractivity contribution < 1.29 is 52.6 Å². The van der Waals surface area contributed by atoms with Crippen LogP contribution in [0.2, 0.25) is 0 Å². The zero-order valence-corrected chi connectivity index (χ0v) is 25.7. The molecule has 0 saturated heterocycles. The SMILES string of the molecule is CC(C)(C)OC(=O)NCC[C@@H]1Cc2ccccc2CN1C(=O)c1cc2c(cc1-c1cc(C(=O)[O-])c3n1CCCC3)OCO2.[Li+]. The van der Waals surface area contributed by atoms with E-state index in [9.17, 15) is 19.5 Å². The number of carbonyl (C=O) groups is 3. The number of benzene rings is 2. The second kappa shape index (κ2) is 12.6. The summed E-state index contributed by atoms with van der Waals surface area (Å²) in [6.07, 6.45) is 3.09. The molecule has 0 bridgehead atoms. The quantitative estimate of drug-likeness (QED) is 0.425. The molecule has 0 fully saturated rings. The number of rotatable bonds is 6. The molecule has 2 aromatic carbocycles. The second-order valence-corrected chi connectivity index (χ2v) is 12.3. The van der Waals surface area contributed by atoms with Gasteiger partial charge in [-0.2, -0.15) is 0 Å². The van der Waals surface area contributed by atoms with E-state index in [0.29, 0.717) is 67.2 Å². The molecule has 3 aliphatic rings. The molecule has 0 unspecified atom stereocenters. The Morgan fingerprint density at radius 2 is 1.75 bits per heavy atom. The van der Waals surface area contributed by atoms with E-state index >= 15 is 0 Å². The predicted molar refractivity (Wildman–Crippen MR) is 156 cm³/mol. The van der Waals surface area contributed by atoms with Gasteiger partial charge in [0, 0.05) is 48.2 Å². The third-order valence-electron chi connectivity index (χ3n) is 8.25. The third-order valence-corrected chi connectivity index (χ3v) is 8.25. The number of hydrogen-bond acceptors (Lipinski definition) is 7. The van der Waals surface area contributed by atoms with E-state index in [1.165, 1.54) is 5.56 Å². The maximum Gasteiger partial charge on any atom is 1.00 e. The number of nitrogens with one attached hydrogen (secondary N) is 1. The summed E-state index contributed by atoms with van der Waals surface area (Å²) in [6.45, 7) is 6.86. The summed E-state index contributed by atoms with van der Waals surface area (Å²) in [6, 6.07) is 13.0. The fourth-order valence-electron chi connectivity index (χ4n) is 6.30. The number of alkyl carbamates (subject to hydrolysis) is 1. The van der Waals surface area contributed by atoms with Crippen molar-refractivity contribution in [2.75, 3.05) is 13.3 Å². The van der Waals surface area contributed by atoms with Gasteiger partial charge in [0.1, 0.15) is 5.60 Å². The van der Waals surface area contributed by atoms with Gasteiger partial charge in [0.25, 0.3) is 5.91 Å². The Bertz CT molecular complexity index is 1590. The summed E-state index contributed by atoms with van der Waals surface area (Å²) in [5.41, 5.74) is 4.14. The van der Waals surface area contributed by atoms with Gasteiger partial charge >= 0.3 is 25.0 Å². The number of hydrogen-bond donors (Lipinski definition) is 1. The molecule has 6 rings (SSSR count). The molecule has 2 amide bonds.